The van der Waals surface area contributed by atoms with Crippen molar-refractivity contribution >= 4 is 96.1 Å². The van der Waals surface area contributed by atoms with E-state index in [1.165, 1.54) is 44.0 Å². The second kappa shape index (κ2) is 16.6. The Hall–Kier alpha value is -8.48. The normalized spacial score (nSPS) is 13.1. The first-order chi connectivity index (χ1) is 35.0. The number of nitrogens with zero attached hydrogens (tertiary/aromatic N) is 5. The number of hydrogen-bond donors (Lipinski definition) is 0. The highest BCUT2D eigenvalue weighted by Crippen LogP contribution is 2.49. The van der Waals surface area contributed by atoms with Gasteiger partial charge in [-0.3, -0.25) is 0 Å². The summed E-state index contributed by atoms with van der Waals surface area (Å²) in [6, 6.07) is 81.2. The molecule has 72 heavy (non-hydrogen) atoms. The molecule has 0 saturated carbocycles. The van der Waals surface area contributed by atoms with Gasteiger partial charge in [0.2, 0.25) is 0 Å². The fraction of sp³-hybridized carbons (Fsp3) is 0.121. The highest BCUT2D eigenvalue weighted by Gasteiger charge is 2.45. The second-order valence-corrected chi connectivity index (χ2v) is 21.6. The Morgan fingerprint density at radius 2 is 0.833 bits per heavy atom. The minimum Gasteiger partial charge on any atom is -0.316 e. The van der Waals surface area contributed by atoms with Gasteiger partial charge in [0.15, 0.2) is 0 Å². The summed E-state index contributed by atoms with van der Waals surface area (Å²) in [5.74, 6) is 0. The molecule has 0 amide bonds. The molecule has 0 unspecified atom stereocenters. The van der Waals surface area contributed by atoms with Crippen LogP contribution >= 0.6 is 0 Å². The number of para-hydroxylation sites is 4. The topological polar surface area (TPSA) is 19.6 Å². The minimum atomic E-state index is -0.0824. The predicted molar refractivity (Wildman–Crippen MR) is 306 cm³/mol. The third-order valence-corrected chi connectivity index (χ3v) is 15.0. The van der Waals surface area contributed by atoms with E-state index in [9.17, 15) is 0 Å². The minimum absolute atomic E-state index is 0.00642. The van der Waals surface area contributed by atoms with Crippen LogP contribution in [0.25, 0.3) is 33.2 Å². The van der Waals surface area contributed by atoms with Gasteiger partial charge in [-0.25, -0.2) is 0 Å². The fourth-order valence-corrected chi connectivity index (χ4v) is 11.4. The Labute approximate surface area is 423 Å². The quantitative estimate of drug-likeness (QED) is 0.149. The standard InChI is InChI=1S/C66H56BN5/c1-65(2,3)47-28-32-53(33-29-47)71-58-34-30-48(66(4,5)6)40-57(58)67-56-39-46-36-38-69(50-21-13-8-14-22-50)60(46)44-61(56)72(54-31-27-45-35-37-68(59(45)41-54)49-19-11-7-12-20-49)63-43-55(42-62(71)64(63)67)70(51-23-15-9-16-24-51)52-25-17-10-18-26-52/h7-44H,1-6H3. The zero-order chi connectivity index (χ0) is 48.9. The molecule has 0 spiro atoms. The lowest BCUT2D eigenvalue weighted by Crippen LogP contribution is -2.61. The molecule has 0 aliphatic carbocycles. The van der Waals surface area contributed by atoms with Gasteiger partial charge in [-0.15, -0.1) is 0 Å². The molecule has 5 nitrogen and oxygen atoms in total. The molecule has 0 fully saturated rings. The molecule has 0 bridgehead atoms. The highest BCUT2D eigenvalue weighted by atomic mass is 15.2. The van der Waals surface area contributed by atoms with Crippen molar-refractivity contribution in [2.75, 3.05) is 14.7 Å². The summed E-state index contributed by atoms with van der Waals surface area (Å²) < 4.78 is 4.67. The molecular weight excluding hydrogens is 874 g/mol. The zero-order valence-electron chi connectivity index (χ0n) is 41.8. The summed E-state index contributed by atoms with van der Waals surface area (Å²) in [5, 5.41) is 2.40. The largest absolute Gasteiger partial charge is 0.316 e. The van der Waals surface area contributed by atoms with E-state index >= 15 is 0 Å². The van der Waals surface area contributed by atoms with Gasteiger partial charge in [0, 0.05) is 74.7 Å². The summed E-state index contributed by atoms with van der Waals surface area (Å²) in [7, 11) is 0. The average molecular weight is 930 g/mol. The van der Waals surface area contributed by atoms with Gasteiger partial charge in [0.05, 0.1) is 16.7 Å². The SMILES string of the molecule is CC(C)(C)c1ccc(N2c3ccc(C(C)(C)C)cc3B3c4cc5ccn(-c6ccccc6)c5cc4N(c4ccc5ccn(-c6ccccc6)c5c4)c4cc(N(c5ccccc5)c5ccccc5)cc2c43)cc1. The molecule has 13 rings (SSSR count). The maximum absolute atomic E-state index is 2.57. The van der Waals surface area contributed by atoms with E-state index in [2.05, 4.69) is 296 Å². The van der Waals surface area contributed by atoms with Crippen molar-refractivity contribution in [2.45, 2.75) is 52.4 Å². The van der Waals surface area contributed by atoms with Gasteiger partial charge >= 0.3 is 0 Å². The van der Waals surface area contributed by atoms with E-state index in [1.807, 2.05) is 0 Å². The molecule has 0 N–H and O–H groups in total. The van der Waals surface area contributed by atoms with Crippen molar-refractivity contribution in [2.24, 2.45) is 0 Å². The molecule has 9 aromatic carbocycles. The number of aromatic nitrogens is 2. The summed E-state index contributed by atoms with van der Waals surface area (Å²) in [6.07, 6.45) is 4.44. The van der Waals surface area contributed by atoms with Crippen molar-refractivity contribution in [3.8, 4) is 11.4 Å². The highest BCUT2D eigenvalue weighted by molar-refractivity contribution is 7.00. The molecule has 0 atom stereocenters. The first-order valence-corrected chi connectivity index (χ1v) is 25.3. The van der Waals surface area contributed by atoms with Crippen LogP contribution in [-0.2, 0) is 10.8 Å². The zero-order valence-corrected chi connectivity index (χ0v) is 41.8. The van der Waals surface area contributed by atoms with Crippen LogP contribution in [0.5, 0.6) is 0 Å². The fourth-order valence-electron chi connectivity index (χ4n) is 11.4. The van der Waals surface area contributed by atoms with Crippen molar-refractivity contribution in [1.82, 2.24) is 9.13 Å². The van der Waals surface area contributed by atoms with E-state index in [4.69, 9.17) is 0 Å². The number of benzene rings is 9. The van der Waals surface area contributed by atoms with Crippen LogP contribution in [0.1, 0.15) is 52.7 Å². The molecule has 6 heteroatoms. The Morgan fingerprint density at radius 3 is 1.40 bits per heavy atom. The van der Waals surface area contributed by atoms with E-state index in [-0.39, 0.29) is 17.5 Å². The molecule has 2 aromatic heterocycles. The van der Waals surface area contributed by atoms with Crippen molar-refractivity contribution in [3.05, 3.63) is 242 Å². The Balaban J connectivity index is 1.17. The molecule has 2 aliphatic heterocycles. The number of anilines is 9. The van der Waals surface area contributed by atoms with E-state index in [0.29, 0.717) is 0 Å². The molecule has 11 aromatic rings. The molecular formula is C66H56BN5. The number of fused-ring (bicyclic) bond motifs is 6. The average Bonchev–Trinajstić information content (AvgIpc) is 4.03. The Morgan fingerprint density at radius 1 is 0.347 bits per heavy atom. The Kier molecular flexibility index (Phi) is 10.0. The molecule has 2 aliphatic rings. The Bertz CT molecular complexity index is 3790. The lowest BCUT2D eigenvalue weighted by Gasteiger charge is -2.45. The van der Waals surface area contributed by atoms with Gasteiger partial charge < -0.3 is 23.8 Å². The summed E-state index contributed by atoms with van der Waals surface area (Å²) >= 11 is 0. The van der Waals surface area contributed by atoms with Crippen LogP contribution in [0, 0.1) is 0 Å². The van der Waals surface area contributed by atoms with E-state index < -0.39 is 0 Å². The van der Waals surface area contributed by atoms with Crippen LogP contribution in [0.4, 0.5) is 51.2 Å². The van der Waals surface area contributed by atoms with Crippen LogP contribution in [0.3, 0.4) is 0 Å². The van der Waals surface area contributed by atoms with Crippen LogP contribution in [-0.4, -0.2) is 15.8 Å². The summed E-state index contributed by atoms with van der Waals surface area (Å²) in [4.78, 5) is 7.55. The predicted octanol–water partition coefficient (Wildman–Crippen LogP) is 15.7. The van der Waals surface area contributed by atoms with Gasteiger partial charge in [-0.1, -0.05) is 151 Å². The monoisotopic (exact) mass is 929 g/mol. The first-order valence-electron chi connectivity index (χ1n) is 25.3. The summed E-state index contributed by atoms with van der Waals surface area (Å²) in [5.41, 5.74) is 21.2. The maximum Gasteiger partial charge on any atom is 0.252 e. The van der Waals surface area contributed by atoms with Crippen molar-refractivity contribution in [3.63, 3.8) is 0 Å². The van der Waals surface area contributed by atoms with Crippen molar-refractivity contribution in [1.29, 1.82) is 0 Å². The van der Waals surface area contributed by atoms with Crippen LogP contribution in [0.15, 0.2) is 231 Å². The molecule has 348 valence electrons. The lowest BCUT2D eigenvalue weighted by molar-refractivity contribution is 0.590. The number of hydrogen-bond acceptors (Lipinski definition) is 3. The molecule has 0 saturated heterocycles. The first kappa shape index (κ1) is 43.5. The smallest absolute Gasteiger partial charge is 0.252 e. The third-order valence-electron chi connectivity index (χ3n) is 15.0. The molecule has 4 heterocycles. The molecule has 0 radical (unpaired) electrons. The van der Waals surface area contributed by atoms with Crippen LogP contribution in [0.2, 0.25) is 0 Å². The van der Waals surface area contributed by atoms with Crippen LogP contribution < -0.4 is 31.1 Å². The van der Waals surface area contributed by atoms with Crippen molar-refractivity contribution < 1.29 is 0 Å². The van der Waals surface area contributed by atoms with Gasteiger partial charge in [-0.05, 0) is 153 Å². The number of rotatable bonds is 7. The maximum atomic E-state index is 2.57. The van der Waals surface area contributed by atoms with Gasteiger partial charge in [0.1, 0.15) is 0 Å². The van der Waals surface area contributed by atoms with E-state index in [0.717, 1.165) is 67.9 Å². The van der Waals surface area contributed by atoms with E-state index in [1.54, 1.807) is 0 Å². The lowest BCUT2D eigenvalue weighted by atomic mass is 9.33. The van der Waals surface area contributed by atoms with Gasteiger partial charge in [-0.2, -0.15) is 0 Å². The van der Waals surface area contributed by atoms with Gasteiger partial charge in [0.25, 0.3) is 6.71 Å². The summed E-state index contributed by atoms with van der Waals surface area (Å²) in [6.45, 7) is 13.8. The third kappa shape index (κ3) is 7.15. The second-order valence-electron chi connectivity index (χ2n) is 21.6.